The smallest absolute Gasteiger partial charge is 0.308 e. The van der Waals surface area contributed by atoms with Crippen LogP contribution in [-0.4, -0.2) is 21.0 Å². The van der Waals surface area contributed by atoms with Gasteiger partial charge in [-0.25, -0.2) is 4.98 Å². The number of hydrogen-bond donors (Lipinski definition) is 3. The molecule has 0 aliphatic rings. The molecule has 6 heteroatoms. The van der Waals surface area contributed by atoms with Crippen molar-refractivity contribution in [1.29, 1.82) is 0 Å². The number of hydrogen-bond acceptors (Lipinski definition) is 4. The molecule has 0 radical (unpaired) electrons. The Bertz CT molecular complexity index is 411. The van der Waals surface area contributed by atoms with E-state index >= 15 is 0 Å². The van der Waals surface area contributed by atoms with Gasteiger partial charge in [0.15, 0.2) is 0 Å². The normalized spacial score (nSPS) is 10.1. The van der Waals surface area contributed by atoms with Crippen LogP contribution in [0.15, 0.2) is 4.79 Å². The van der Waals surface area contributed by atoms with Gasteiger partial charge in [0.25, 0.3) is 5.56 Å². The molecule has 14 heavy (non-hydrogen) atoms. The van der Waals surface area contributed by atoms with Gasteiger partial charge >= 0.3 is 5.97 Å². The predicted molar refractivity (Wildman–Crippen MR) is 50.0 cm³/mol. The summed E-state index contributed by atoms with van der Waals surface area (Å²) >= 11 is 0. The van der Waals surface area contributed by atoms with Crippen LogP contribution in [0.25, 0.3) is 0 Å². The Morgan fingerprint density at radius 1 is 1.64 bits per heavy atom. The van der Waals surface area contributed by atoms with E-state index in [1.807, 2.05) is 6.92 Å². The van der Waals surface area contributed by atoms with Gasteiger partial charge in [-0.3, -0.25) is 9.59 Å². The van der Waals surface area contributed by atoms with Crippen molar-refractivity contribution in [2.75, 3.05) is 5.73 Å². The molecule has 4 N–H and O–H groups in total. The number of nitrogens with two attached hydrogens (primary N) is 1. The molecular formula is C8H11N3O3. The largest absolute Gasteiger partial charge is 0.481 e. The van der Waals surface area contributed by atoms with E-state index < -0.39 is 17.9 Å². The molecule has 1 heterocycles. The molecular weight excluding hydrogens is 186 g/mol. The first-order valence-electron chi connectivity index (χ1n) is 4.14. The number of carboxylic acids is 1. The minimum Gasteiger partial charge on any atom is -0.481 e. The third-order valence-electron chi connectivity index (χ3n) is 1.76. The van der Waals surface area contributed by atoms with Gasteiger partial charge < -0.3 is 15.8 Å². The second-order valence-electron chi connectivity index (χ2n) is 2.80. The van der Waals surface area contributed by atoms with Gasteiger partial charge in [0.1, 0.15) is 11.6 Å². The number of anilines is 1. The Hall–Kier alpha value is -1.85. The summed E-state index contributed by atoms with van der Waals surface area (Å²) in [6.07, 6.45) is 0.144. The average Bonchev–Trinajstić information content (AvgIpc) is 2.10. The molecule has 0 aliphatic carbocycles. The van der Waals surface area contributed by atoms with Crippen molar-refractivity contribution < 1.29 is 9.90 Å². The predicted octanol–water partition coefficient (Wildman–Crippen LogP) is -0.458. The second kappa shape index (κ2) is 3.91. The highest BCUT2D eigenvalue weighted by atomic mass is 16.4. The number of rotatable bonds is 3. The van der Waals surface area contributed by atoms with Crippen LogP contribution in [0, 0.1) is 0 Å². The second-order valence-corrected chi connectivity index (χ2v) is 2.80. The quantitative estimate of drug-likeness (QED) is 0.607. The number of nitrogen functional groups attached to an aromatic ring is 1. The van der Waals surface area contributed by atoms with Crippen LogP contribution in [0.2, 0.25) is 0 Å². The molecule has 6 nitrogen and oxygen atoms in total. The van der Waals surface area contributed by atoms with E-state index in [0.29, 0.717) is 12.2 Å². The highest BCUT2D eigenvalue weighted by Gasteiger charge is 2.11. The van der Waals surface area contributed by atoms with E-state index in [0.717, 1.165) is 0 Å². The highest BCUT2D eigenvalue weighted by molar-refractivity contribution is 5.71. The van der Waals surface area contributed by atoms with E-state index in [2.05, 4.69) is 9.97 Å². The van der Waals surface area contributed by atoms with Crippen molar-refractivity contribution in [1.82, 2.24) is 9.97 Å². The summed E-state index contributed by atoms with van der Waals surface area (Å²) in [6.45, 7) is 1.81. The Morgan fingerprint density at radius 2 is 2.29 bits per heavy atom. The lowest BCUT2D eigenvalue weighted by Crippen LogP contribution is -2.21. The van der Waals surface area contributed by atoms with Crippen LogP contribution in [0.1, 0.15) is 18.3 Å². The molecule has 0 spiro atoms. The zero-order chi connectivity index (χ0) is 10.7. The molecule has 0 saturated heterocycles. The summed E-state index contributed by atoms with van der Waals surface area (Å²) in [5.41, 5.74) is 4.99. The molecule has 0 amide bonds. The highest BCUT2D eigenvalue weighted by Crippen LogP contribution is 2.03. The molecule has 0 saturated carbocycles. The van der Waals surface area contributed by atoms with Gasteiger partial charge in [0.2, 0.25) is 0 Å². The molecule has 1 aromatic rings. The van der Waals surface area contributed by atoms with E-state index in [1.165, 1.54) is 0 Å². The van der Waals surface area contributed by atoms with E-state index in [-0.39, 0.29) is 11.4 Å². The molecule has 76 valence electrons. The lowest BCUT2D eigenvalue weighted by atomic mass is 10.2. The van der Waals surface area contributed by atoms with Crippen molar-refractivity contribution in [3.05, 3.63) is 21.7 Å². The van der Waals surface area contributed by atoms with Crippen LogP contribution in [0.4, 0.5) is 5.82 Å². The maximum atomic E-state index is 11.3. The van der Waals surface area contributed by atoms with Crippen molar-refractivity contribution >= 4 is 11.8 Å². The summed E-state index contributed by atoms with van der Waals surface area (Å²) in [4.78, 5) is 28.0. The van der Waals surface area contributed by atoms with Crippen LogP contribution in [-0.2, 0) is 17.6 Å². The number of aliphatic carboxylic acids is 1. The summed E-state index contributed by atoms with van der Waals surface area (Å²) in [5, 5.41) is 8.51. The van der Waals surface area contributed by atoms with E-state index in [1.54, 1.807) is 0 Å². The number of nitrogens with one attached hydrogen (secondary N) is 1. The van der Waals surface area contributed by atoms with Gasteiger partial charge in [-0.15, -0.1) is 0 Å². The number of aryl methyl sites for hydroxylation is 1. The Balaban J connectivity index is 3.18. The number of carbonyl (C=O) groups is 1. The Labute approximate surface area is 79.8 Å². The first-order chi connectivity index (χ1) is 6.54. The van der Waals surface area contributed by atoms with Crippen molar-refractivity contribution in [2.45, 2.75) is 19.8 Å². The number of aromatic amines is 1. The molecule has 0 bridgehead atoms. The molecule has 0 atom stereocenters. The maximum Gasteiger partial charge on any atom is 0.308 e. The average molecular weight is 197 g/mol. The molecule has 1 aromatic heterocycles. The zero-order valence-corrected chi connectivity index (χ0v) is 7.70. The third-order valence-corrected chi connectivity index (χ3v) is 1.76. The molecule has 0 aromatic carbocycles. The standard InChI is InChI=1S/C8H11N3O3/c1-2-5-10-7(9)4(3-6(12)13)8(14)11-5/h2-3H2,1H3,(H,12,13)(H3,9,10,11,14). The van der Waals surface area contributed by atoms with E-state index in [4.69, 9.17) is 10.8 Å². The molecule has 1 rings (SSSR count). The van der Waals surface area contributed by atoms with Crippen molar-refractivity contribution in [2.24, 2.45) is 0 Å². The fraction of sp³-hybridized carbons (Fsp3) is 0.375. The zero-order valence-electron chi connectivity index (χ0n) is 7.70. The third kappa shape index (κ3) is 2.09. The molecule has 0 fully saturated rings. The Kier molecular flexibility index (Phi) is 2.85. The lowest BCUT2D eigenvalue weighted by Gasteiger charge is -2.02. The summed E-state index contributed by atoms with van der Waals surface area (Å²) in [5.74, 6) is -0.650. The van der Waals surface area contributed by atoms with E-state index in [9.17, 15) is 9.59 Å². The fourth-order valence-electron chi connectivity index (χ4n) is 1.05. The van der Waals surface area contributed by atoms with Crippen LogP contribution >= 0.6 is 0 Å². The summed E-state index contributed by atoms with van der Waals surface area (Å²) in [6, 6.07) is 0. The molecule has 0 aliphatic heterocycles. The van der Waals surface area contributed by atoms with Gasteiger partial charge in [-0.2, -0.15) is 0 Å². The number of nitrogens with zero attached hydrogens (tertiary/aromatic N) is 1. The van der Waals surface area contributed by atoms with Gasteiger partial charge in [-0.05, 0) is 0 Å². The van der Waals surface area contributed by atoms with Crippen LogP contribution in [0.5, 0.6) is 0 Å². The summed E-state index contributed by atoms with van der Waals surface area (Å²) < 4.78 is 0. The SMILES string of the molecule is CCc1nc(N)c(CC(=O)O)c(=O)[nH]1. The van der Waals surface area contributed by atoms with Crippen molar-refractivity contribution in [3.8, 4) is 0 Å². The van der Waals surface area contributed by atoms with Crippen molar-refractivity contribution in [3.63, 3.8) is 0 Å². The minimum absolute atomic E-state index is 0.00648. The maximum absolute atomic E-state index is 11.3. The molecule has 0 unspecified atom stereocenters. The lowest BCUT2D eigenvalue weighted by molar-refractivity contribution is -0.136. The topological polar surface area (TPSA) is 109 Å². The Morgan fingerprint density at radius 3 is 2.71 bits per heavy atom. The number of H-pyrrole nitrogens is 1. The minimum atomic E-state index is -1.10. The van der Waals surface area contributed by atoms with Crippen LogP contribution in [0.3, 0.4) is 0 Å². The fourth-order valence-corrected chi connectivity index (χ4v) is 1.05. The van der Waals surface area contributed by atoms with Crippen LogP contribution < -0.4 is 11.3 Å². The first kappa shape index (κ1) is 10.2. The van der Waals surface area contributed by atoms with Gasteiger partial charge in [-0.1, -0.05) is 6.92 Å². The summed E-state index contributed by atoms with van der Waals surface area (Å²) in [7, 11) is 0. The number of aromatic nitrogens is 2. The number of carboxylic acid groups (broad SMARTS) is 1. The van der Waals surface area contributed by atoms with Gasteiger partial charge in [0.05, 0.1) is 12.0 Å². The monoisotopic (exact) mass is 197 g/mol. The first-order valence-corrected chi connectivity index (χ1v) is 4.14. The van der Waals surface area contributed by atoms with Gasteiger partial charge in [0, 0.05) is 6.42 Å².